The molecule has 16 heavy (non-hydrogen) atoms. The van der Waals surface area contributed by atoms with Gasteiger partial charge in [-0.25, -0.2) is 4.98 Å². The summed E-state index contributed by atoms with van der Waals surface area (Å²) in [6.45, 7) is 0. The van der Waals surface area contributed by atoms with E-state index in [0.29, 0.717) is 0 Å². The van der Waals surface area contributed by atoms with Crippen LogP contribution in [0, 0.1) is 0 Å². The number of aromatic nitrogens is 2. The molecule has 84 valence electrons. The molecule has 3 nitrogen and oxygen atoms in total. The number of rotatable bonds is 4. The number of nitrogens with zero attached hydrogens (tertiary/aromatic N) is 2. The summed E-state index contributed by atoms with van der Waals surface area (Å²) in [5, 5.41) is 0.968. The molecule has 0 bridgehead atoms. The minimum Gasteiger partial charge on any atom is -0.378 e. The molecular weight excluding hydrogens is 218 g/mol. The molecule has 0 aliphatic carbocycles. The van der Waals surface area contributed by atoms with Crippen molar-refractivity contribution < 1.29 is 0 Å². The first-order valence-electron chi connectivity index (χ1n) is 5.14. The third-order valence-corrected chi connectivity index (χ3v) is 3.25. The molecule has 1 heterocycles. The van der Waals surface area contributed by atoms with Gasteiger partial charge < -0.3 is 9.88 Å². The van der Waals surface area contributed by atoms with E-state index in [-0.39, 0.29) is 0 Å². The highest BCUT2D eigenvalue weighted by Crippen LogP contribution is 2.21. The van der Waals surface area contributed by atoms with Gasteiger partial charge in [-0.15, -0.1) is 0 Å². The van der Waals surface area contributed by atoms with Crippen LogP contribution in [0.15, 0.2) is 41.8 Å². The summed E-state index contributed by atoms with van der Waals surface area (Å²) in [5.41, 5.74) is 2.55. The van der Waals surface area contributed by atoms with Gasteiger partial charge in [-0.1, -0.05) is 23.9 Å². The van der Waals surface area contributed by atoms with Crippen LogP contribution in [0.2, 0.25) is 0 Å². The van der Waals surface area contributed by atoms with E-state index < -0.39 is 0 Å². The quantitative estimate of drug-likeness (QED) is 0.824. The lowest BCUT2D eigenvalue weighted by molar-refractivity contribution is 1.06. The molecule has 0 spiro atoms. The second-order valence-electron chi connectivity index (χ2n) is 3.75. The standard InChI is InChI=1S/C12H15N3S/c1-15(2)11-5-3-4-10(8-11)9-16-12-13-6-7-14-12/h3-8H,9H2,1-2H3,(H,13,14). The Morgan fingerprint density at radius 2 is 2.25 bits per heavy atom. The fourth-order valence-electron chi connectivity index (χ4n) is 1.41. The molecule has 0 atom stereocenters. The Kier molecular flexibility index (Phi) is 3.51. The molecule has 0 fully saturated rings. The van der Waals surface area contributed by atoms with Crippen LogP contribution < -0.4 is 4.90 Å². The molecule has 0 aliphatic rings. The van der Waals surface area contributed by atoms with Crippen molar-refractivity contribution in [2.24, 2.45) is 0 Å². The highest BCUT2D eigenvalue weighted by atomic mass is 32.2. The third-order valence-electron chi connectivity index (χ3n) is 2.28. The Hall–Kier alpha value is -1.42. The fourth-order valence-corrected chi connectivity index (χ4v) is 2.18. The lowest BCUT2D eigenvalue weighted by Gasteiger charge is -2.13. The van der Waals surface area contributed by atoms with Gasteiger partial charge in [0.25, 0.3) is 0 Å². The monoisotopic (exact) mass is 233 g/mol. The van der Waals surface area contributed by atoms with Gasteiger partial charge in [-0.2, -0.15) is 0 Å². The largest absolute Gasteiger partial charge is 0.378 e. The minimum atomic E-state index is 0.940. The molecule has 0 saturated heterocycles. The van der Waals surface area contributed by atoms with Gasteiger partial charge in [0.05, 0.1) is 0 Å². The Bertz CT molecular complexity index is 437. The molecule has 1 aromatic heterocycles. The highest BCUT2D eigenvalue weighted by molar-refractivity contribution is 7.98. The van der Waals surface area contributed by atoms with Crippen LogP contribution in [0.4, 0.5) is 5.69 Å². The average molecular weight is 233 g/mol. The zero-order chi connectivity index (χ0) is 11.4. The Balaban J connectivity index is 2.01. The normalized spacial score (nSPS) is 10.4. The topological polar surface area (TPSA) is 31.9 Å². The fraction of sp³-hybridized carbons (Fsp3) is 0.250. The van der Waals surface area contributed by atoms with E-state index in [1.807, 2.05) is 6.20 Å². The zero-order valence-corrected chi connectivity index (χ0v) is 10.3. The number of aromatic amines is 1. The van der Waals surface area contributed by atoms with Crippen LogP contribution in [0.25, 0.3) is 0 Å². The minimum absolute atomic E-state index is 0.940. The smallest absolute Gasteiger partial charge is 0.165 e. The van der Waals surface area contributed by atoms with Crippen LogP contribution >= 0.6 is 11.8 Å². The highest BCUT2D eigenvalue weighted by Gasteiger charge is 2.00. The van der Waals surface area contributed by atoms with Crippen molar-refractivity contribution in [1.29, 1.82) is 0 Å². The number of benzene rings is 1. The van der Waals surface area contributed by atoms with Gasteiger partial charge in [0.1, 0.15) is 0 Å². The second kappa shape index (κ2) is 5.07. The molecule has 0 saturated carbocycles. The summed E-state index contributed by atoms with van der Waals surface area (Å²) >= 11 is 1.72. The van der Waals surface area contributed by atoms with Crippen molar-refractivity contribution in [2.75, 3.05) is 19.0 Å². The number of H-pyrrole nitrogens is 1. The molecule has 4 heteroatoms. The summed E-state index contributed by atoms with van der Waals surface area (Å²) in [6, 6.07) is 8.55. The second-order valence-corrected chi connectivity index (χ2v) is 4.71. The van der Waals surface area contributed by atoms with E-state index in [1.165, 1.54) is 11.3 Å². The van der Waals surface area contributed by atoms with Crippen molar-refractivity contribution in [2.45, 2.75) is 10.9 Å². The lowest BCUT2D eigenvalue weighted by atomic mass is 10.2. The van der Waals surface area contributed by atoms with Crippen LogP contribution in [0.3, 0.4) is 0 Å². The summed E-state index contributed by atoms with van der Waals surface area (Å²) in [4.78, 5) is 9.38. The Morgan fingerprint density at radius 3 is 2.94 bits per heavy atom. The first-order valence-corrected chi connectivity index (χ1v) is 6.13. The summed E-state index contributed by atoms with van der Waals surface area (Å²) in [6.07, 6.45) is 3.62. The summed E-state index contributed by atoms with van der Waals surface area (Å²) in [5.74, 6) is 0.940. The molecule has 0 radical (unpaired) electrons. The van der Waals surface area contributed by atoms with Gasteiger partial charge in [0.2, 0.25) is 0 Å². The first kappa shape index (κ1) is 11.1. The number of thioether (sulfide) groups is 1. The third kappa shape index (κ3) is 2.79. The maximum absolute atomic E-state index is 4.19. The van der Waals surface area contributed by atoms with E-state index in [9.17, 15) is 0 Å². The van der Waals surface area contributed by atoms with Gasteiger partial charge >= 0.3 is 0 Å². The van der Waals surface area contributed by atoms with Gasteiger partial charge in [0, 0.05) is 37.9 Å². The predicted molar refractivity (Wildman–Crippen MR) is 68.9 cm³/mol. The van der Waals surface area contributed by atoms with Crippen LogP contribution in [0.5, 0.6) is 0 Å². The van der Waals surface area contributed by atoms with Crippen molar-refractivity contribution in [1.82, 2.24) is 9.97 Å². The van der Waals surface area contributed by atoms with Crippen molar-refractivity contribution in [3.8, 4) is 0 Å². The molecule has 1 aromatic carbocycles. The first-order chi connectivity index (χ1) is 7.75. The summed E-state index contributed by atoms with van der Waals surface area (Å²) in [7, 11) is 4.11. The summed E-state index contributed by atoms with van der Waals surface area (Å²) < 4.78 is 0. The van der Waals surface area contributed by atoms with Crippen molar-refractivity contribution in [3.05, 3.63) is 42.2 Å². The van der Waals surface area contributed by atoms with E-state index in [1.54, 1.807) is 18.0 Å². The van der Waals surface area contributed by atoms with Crippen LogP contribution in [-0.2, 0) is 5.75 Å². The van der Waals surface area contributed by atoms with Crippen LogP contribution in [-0.4, -0.2) is 24.1 Å². The number of anilines is 1. The van der Waals surface area contributed by atoms with Gasteiger partial charge in [-0.3, -0.25) is 0 Å². The van der Waals surface area contributed by atoms with Gasteiger partial charge in [0.15, 0.2) is 5.16 Å². The van der Waals surface area contributed by atoms with Crippen LogP contribution in [0.1, 0.15) is 5.56 Å². The molecule has 1 N–H and O–H groups in total. The zero-order valence-electron chi connectivity index (χ0n) is 9.47. The van der Waals surface area contributed by atoms with E-state index in [0.717, 1.165) is 10.9 Å². The number of imidazole rings is 1. The average Bonchev–Trinajstić information content (AvgIpc) is 2.79. The number of nitrogens with one attached hydrogen (secondary N) is 1. The van der Waals surface area contributed by atoms with E-state index >= 15 is 0 Å². The lowest BCUT2D eigenvalue weighted by Crippen LogP contribution is -2.08. The van der Waals surface area contributed by atoms with Crippen molar-refractivity contribution in [3.63, 3.8) is 0 Å². The molecule has 0 unspecified atom stereocenters. The number of hydrogen-bond donors (Lipinski definition) is 1. The maximum atomic E-state index is 4.19. The molecule has 2 rings (SSSR count). The molecule has 2 aromatic rings. The van der Waals surface area contributed by atoms with Crippen molar-refractivity contribution >= 4 is 17.4 Å². The van der Waals surface area contributed by atoms with E-state index in [4.69, 9.17) is 0 Å². The predicted octanol–water partition coefficient (Wildman–Crippen LogP) is 2.77. The Morgan fingerprint density at radius 1 is 1.38 bits per heavy atom. The molecule has 0 amide bonds. The number of hydrogen-bond acceptors (Lipinski definition) is 3. The van der Waals surface area contributed by atoms with E-state index in [2.05, 4.69) is 53.2 Å². The molecular formula is C12H15N3S. The molecule has 0 aliphatic heterocycles. The maximum Gasteiger partial charge on any atom is 0.165 e. The Labute approximate surface area is 99.9 Å². The van der Waals surface area contributed by atoms with Gasteiger partial charge in [-0.05, 0) is 17.7 Å². The SMILES string of the molecule is CN(C)c1cccc(CSc2ncc[nH]2)c1.